The Bertz CT molecular complexity index is 530. The molecule has 0 aromatic heterocycles. The summed E-state index contributed by atoms with van der Waals surface area (Å²) < 4.78 is 0. The van der Waals surface area contributed by atoms with E-state index in [4.69, 9.17) is 10.8 Å². The van der Waals surface area contributed by atoms with Gasteiger partial charge in [0.05, 0.1) is 0 Å². The van der Waals surface area contributed by atoms with Crippen LogP contribution in [0.25, 0.3) is 0 Å². The van der Waals surface area contributed by atoms with Gasteiger partial charge in [-0.05, 0) is 36.1 Å². The van der Waals surface area contributed by atoms with Gasteiger partial charge >= 0.3 is 5.97 Å². The molecule has 2 atom stereocenters. The summed E-state index contributed by atoms with van der Waals surface area (Å²) in [6.07, 6.45) is 1.03. The summed E-state index contributed by atoms with van der Waals surface area (Å²) in [6.45, 7) is 2.98. The molecule has 6 nitrogen and oxygen atoms in total. The molecule has 108 valence electrons. The lowest BCUT2D eigenvalue weighted by Crippen LogP contribution is -2.42. The fraction of sp³-hybridized carbons (Fsp3) is 0.429. The van der Waals surface area contributed by atoms with E-state index in [-0.39, 0.29) is 12.5 Å². The predicted molar refractivity (Wildman–Crippen MR) is 75.9 cm³/mol. The molecule has 6 heteroatoms. The molecular formula is C14H19N3O3. The minimum Gasteiger partial charge on any atom is -0.480 e. The van der Waals surface area contributed by atoms with Crippen LogP contribution in [0.3, 0.4) is 0 Å². The van der Waals surface area contributed by atoms with Crippen molar-refractivity contribution in [2.75, 3.05) is 18.4 Å². The Balaban J connectivity index is 2.07. The van der Waals surface area contributed by atoms with Crippen LogP contribution < -0.4 is 16.4 Å². The SMILES string of the molecule is CC1CCNc2ccc(C(=O)NC[C@@H](N)C(=O)O)cc21. The summed E-state index contributed by atoms with van der Waals surface area (Å²) in [6, 6.07) is 4.38. The monoisotopic (exact) mass is 277 g/mol. The van der Waals surface area contributed by atoms with Crippen molar-refractivity contribution in [2.24, 2.45) is 5.73 Å². The molecule has 1 aromatic carbocycles. The molecule has 1 heterocycles. The van der Waals surface area contributed by atoms with Gasteiger partial charge in [0.1, 0.15) is 6.04 Å². The molecule has 0 saturated heterocycles. The second-order valence-corrected chi connectivity index (χ2v) is 5.07. The van der Waals surface area contributed by atoms with E-state index in [9.17, 15) is 9.59 Å². The molecule has 0 spiro atoms. The largest absolute Gasteiger partial charge is 0.480 e. The molecule has 1 amide bonds. The first kappa shape index (κ1) is 14.3. The lowest BCUT2D eigenvalue weighted by atomic mass is 9.91. The number of rotatable bonds is 4. The van der Waals surface area contributed by atoms with Crippen molar-refractivity contribution in [3.63, 3.8) is 0 Å². The van der Waals surface area contributed by atoms with E-state index >= 15 is 0 Å². The zero-order valence-corrected chi connectivity index (χ0v) is 11.3. The molecule has 0 bridgehead atoms. The number of hydrogen-bond acceptors (Lipinski definition) is 4. The van der Waals surface area contributed by atoms with E-state index in [1.807, 2.05) is 12.1 Å². The third-order valence-corrected chi connectivity index (χ3v) is 3.54. The van der Waals surface area contributed by atoms with Crippen LogP contribution in [0.4, 0.5) is 5.69 Å². The molecule has 1 aliphatic heterocycles. The smallest absolute Gasteiger partial charge is 0.322 e. The van der Waals surface area contributed by atoms with Crippen LogP contribution in [0.2, 0.25) is 0 Å². The van der Waals surface area contributed by atoms with E-state index < -0.39 is 12.0 Å². The number of aliphatic carboxylic acids is 1. The number of nitrogens with two attached hydrogens (primary N) is 1. The van der Waals surface area contributed by atoms with E-state index in [0.29, 0.717) is 11.5 Å². The molecule has 2 rings (SSSR count). The standard InChI is InChI=1S/C14H19N3O3/c1-8-4-5-16-12-3-2-9(6-10(8)12)13(18)17-7-11(15)14(19)20/h2-3,6,8,11,16H,4-5,7,15H2,1H3,(H,17,18)(H,19,20)/t8?,11-/m1/s1. The van der Waals surface area contributed by atoms with Gasteiger partial charge in [-0.15, -0.1) is 0 Å². The summed E-state index contributed by atoms with van der Waals surface area (Å²) in [5.41, 5.74) is 8.05. The Morgan fingerprint density at radius 1 is 1.55 bits per heavy atom. The van der Waals surface area contributed by atoms with Gasteiger partial charge in [0.15, 0.2) is 0 Å². The summed E-state index contributed by atoms with van der Waals surface area (Å²) in [7, 11) is 0. The number of benzene rings is 1. The lowest BCUT2D eigenvalue weighted by Gasteiger charge is -2.24. The Morgan fingerprint density at radius 2 is 2.30 bits per heavy atom. The number of nitrogens with one attached hydrogen (secondary N) is 2. The van der Waals surface area contributed by atoms with Crippen LogP contribution in [0.1, 0.15) is 35.2 Å². The van der Waals surface area contributed by atoms with E-state index in [2.05, 4.69) is 17.6 Å². The zero-order valence-electron chi connectivity index (χ0n) is 11.3. The highest BCUT2D eigenvalue weighted by atomic mass is 16.4. The number of fused-ring (bicyclic) bond motifs is 1. The maximum absolute atomic E-state index is 12.0. The number of anilines is 1. The molecule has 1 aliphatic rings. The fourth-order valence-electron chi connectivity index (χ4n) is 2.24. The van der Waals surface area contributed by atoms with Gasteiger partial charge in [0.25, 0.3) is 5.91 Å². The van der Waals surface area contributed by atoms with Crippen molar-refractivity contribution in [1.82, 2.24) is 5.32 Å². The van der Waals surface area contributed by atoms with Crippen molar-refractivity contribution in [1.29, 1.82) is 0 Å². The van der Waals surface area contributed by atoms with Gasteiger partial charge in [-0.2, -0.15) is 0 Å². The van der Waals surface area contributed by atoms with Crippen LogP contribution in [-0.2, 0) is 4.79 Å². The highest BCUT2D eigenvalue weighted by Gasteiger charge is 2.19. The first-order valence-corrected chi connectivity index (χ1v) is 6.63. The second-order valence-electron chi connectivity index (χ2n) is 5.07. The van der Waals surface area contributed by atoms with Gasteiger partial charge in [-0.3, -0.25) is 9.59 Å². The predicted octanol–water partition coefficient (Wildman–Crippen LogP) is 0.747. The van der Waals surface area contributed by atoms with Gasteiger partial charge < -0.3 is 21.5 Å². The highest BCUT2D eigenvalue weighted by Crippen LogP contribution is 2.31. The maximum Gasteiger partial charge on any atom is 0.322 e. The second kappa shape index (κ2) is 5.92. The van der Waals surface area contributed by atoms with Crippen molar-refractivity contribution in [3.05, 3.63) is 29.3 Å². The van der Waals surface area contributed by atoms with Crippen LogP contribution in [-0.4, -0.2) is 36.1 Å². The Morgan fingerprint density at radius 3 is 3.00 bits per heavy atom. The zero-order chi connectivity index (χ0) is 14.7. The topological polar surface area (TPSA) is 104 Å². The number of carbonyl (C=O) groups is 2. The van der Waals surface area contributed by atoms with Gasteiger partial charge in [0.2, 0.25) is 0 Å². The van der Waals surface area contributed by atoms with Crippen molar-refractivity contribution < 1.29 is 14.7 Å². The molecular weight excluding hydrogens is 258 g/mol. The Labute approximate surface area is 117 Å². The molecule has 0 fully saturated rings. The Kier molecular flexibility index (Phi) is 4.24. The normalized spacial score (nSPS) is 18.6. The number of carbonyl (C=O) groups excluding carboxylic acids is 1. The number of carboxylic acid groups (broad SMARTS) is 1. The molecule has 0 saturated carbocycles. The third-order valence-electron chi connectivity index (χ3n) is 3.54. The summed E-state index contributed by atoms with van der Waals surface area (Å²) in [4.78, 5) is 22.6. The van der Waals surface area contributed by atoms with Crippen LogP contribution in [0.15, 0.2) is 18.2 Å². The fourth-order valence-corrected chi connectivity index (χ4v) is 2.24. The molecule has 20 heavy (non-hydrogen) atoms. The van der Waals surface area contributed by atoms with Crippen molar-refractivity contribution in [2.45, 2.75) is 25.3 Å². The van der Waals surface area contributed by atoms with Gasteiger partial charge in [-0.25, -0.2) is 0 Å². The first-order valence-electron chi connectivity index (χ1n) is 6.63. The van der Waals surface area contributed by atoms with Crippen LogP contribution in [0.5, 0.6) is 0 Å². The van der Waals surface area contributed by atoms with Crippen molar-refractivity contribution >= 4 is 17.6 Å². The Hall–Kier alpha value is -2.08. The minimum absolute atomic E-state index is 0.0843. The first-order chi connectivity index (χ1) is 9.49. The van der Waals surface area contributed by atoms with Crippen LogP contribution >= 0.6 is 0 Å². The number of amides is 1. The molecule has 0 radical (unpaired) electrons. The summed E-state index contributed by atoms with van der Waals surface area (Å²) >= 11 is 0. The van der Waals surface area contributed by atoms with Crippen LogP contribution in [0, 0.1) is 0 Å². The number of carboxylic acids is 1. The maximum atomic E-state index is 12.0. The minimum atomic E-state index is -1.13. The molecule has 1 unspecified atom stereocenters. The molecule has 1 aromatic rings. The van der Waals surface area contributed by atoms with Crippen molar-refractivity contribution in [3.8, 4) is 0 Å². The molecule has 0 aliphatic carbocycles. The summed E-state index contributed by atoms with van der Waals surface area (Å²) in [5.74, 6) is -1.03. The number of hydrogen-bond donors (Lipinski definition) is 4. The summed E-state index contributed by atoms with van der Waals surface area (Å²) in [5, 5.41) is 14.5. The van der Waals surface area contributed by atoms with E-state index in [1.54, 1.807) is 6.07 Å². The van der Waals surface area contributed by atoms with Gasteiger partial charge in [0, 0.05) is 24.3 Å². The quantitative estimate of drug-likeness (QED) is 0.650. The third kappa shape index (κ3) is 3.08. The average Bonchev–Trinajstić information content (AvgIpc) is 2.44. The average molecular weight is 277 g/mol. The lowest BCUT2D eigenvalue weighted by molar-refractivity contribution is -0.138. The highest BCUT2D eigenvalue weighted by molar-refractivity contribution is 5.95. The molecule has 5 N–H and O–H groups in total. The van der Waals surface area contributed by atoms with E-state index in [0.717, 1.165) is 24.2 Å². The van der Waals surface area contributed by atoms with E-state index in [1.165, 1.54) is 0 Å². The van der Waals surface area contributed by atoms with Gasteiger partial charge in [-0.1, -0.05) is 6.92 Å².